The van der Waals surface area contributed by atoms with E-state index in [1.807, 2.05) is 45.0 Å². The lowest BCUT2D eigenvalue weighted by Gasteiger charge is -2.13. The third-order valence-corrected chi connectivity index (χ3v) is 3.40. The Morgan fingerprint density at radius 1 is 1.05 bits per heavy atom. The molecule has 0 aliphatic rings. The summed E-state index contributed by atoms with van der Waals surface area (Å²) in [5.74, 6) is 1.64. The van der Waals surface area contributed by atoms with Gasteiger partial charge in [0.2, 0.25) is 0 Å². The number of hydrogen-bond donors (Lipinski definition) is 1. The second-order valence-electron chi connectivity index (χ2n) is 5.29. The summed E-state index contributed by atoms with van der Waals surface area (Å²) in [5.41, 5.74) is 9.22. The van der Waals surface area contributed by atoms with Crippen LogP contribution in [0.1, 0.15) is 23.6 Å². The fourth-order valence-corrected chi connectivity index (χ4v) is 2.29. The number of ether oxygens (including phenoxy) is 1. The Morgan fingerprint density at radius 2 is 1.80 bits per heavy atom. The van der Waals surface area contributed by atoms with E-state index < -0.39 is 0 Å². The Bertz CT molecular complexity index is 608. The molecule has 20 heavy (non-hydrogen) atoms. The first kappa shape index (κ1) is 14.9. The Balaban J connectivity index is 2.23. The predicted octanol–water partition coefficient (Wildman–Crippen LogP) is 4.64. The van der Waals surface area contributed by atoms with Crippen molar-refractivity contribution in [1.82, 2.24) is 0 Å². The van der Waals surface area contributed by atoms with Crippen molar-refractivity contribution in [2.45, 2.75) is 33.2 Å². The molecule has 2 N–H and O–H groups in total. The van der Waals surface area contributed by atoms with Crippen LogP contribution in [0.15, 0.2) is 36.4 Å². The zero-order valence-electron chi connectivity index (χ0n) is 12.1. The highest BCUT2D eigenvalue weighted by Gasteiger charge is 2.07. The molecule has 0 radical (unpaired) electrons. The maximum Gasteiger partial charge on any atom is 0.131 e. The molecule has 0 spiro atoms. The lowest BCUT2D eigenvalue weighted by atomic mass is 10.0. The molecule has 2 aromatic carbocycles. The second kappa shape index (κ2) is 6.29. The summed E-state index contributed by atoms with van der Waals surface area (Å²) in [6.45, 7) is 6.06. The number of halogens is 1. The van der Waals surface area contributed by atoms with Gasteiger partial charge in [-0.3, -0.25) is 0 Å². The molecule has 106 valence electrons. The smallest absolute Gasteiger partial charge is 0.131 e. The fraction of sp³-hybridized carbons (Fsp3) is 0.294. The van der Waals surface area contributed by atoms with Crippen LogP contribution in [0.4, 0.5) is 0 Å². The highest BCUT2D eigenvalue weighted by Crippen LogP contribution is 2.30. The minimum atomic E-state index is 0.163. The van der Waals surface area contributed by atoms with E-state index in [9.17, 15) is 0 Å². The predicted molar refractivity (Wildman–Crippen MR) is 84.8 cm³/mol. The van der Waals surface area contributed by atoms with E-state index in [1.54, 1.807) is 0 Å². The van der Waals surface area contributed by atoms with Gasteiger partial charge in [-0.15, -0.1) is 0 Å². The third kappa shape index (κ3) is 3.75. The van der Waals surface area contributed by atoms with Gasteiger partial charge in [-0.1, -0.05) is 29.8 Å². The van der Waals surface area contributed by atoms with E-state index in [4.69, 9.17) is 22.1 Å². The normalized spacial score (nSPS) is 12.2. The van der Waals surface area contributed by atoms with Crippen molar-refractivity contribution < 1.29 is 4.74 Å². The Labute approximate surface area is 125 Å². The van der Waals surface area contributed by atoms with Gasteiger partial charge >= 0.3 is 0 Å². The maximum atomic E-state index is 6.01. The van der Waals surface area contributed by atoms with Crippen LogP contribution >= 0.6 is 11.6 Å². The first-order valence-corrected chi connectivity index (χ1v) is 7.12. The van der Waals surface area contributed by atoms with Crippen LogP contribution in [0.25, 0.3) is 0 Å². The monoisotopic (exact) mass is 289 g/mol. The SMILES string of the molecule is Cc1cc(CC(C)N)ccc1Oc1cc(Cl)ccc1C. The molecule has 3 heteroatoms. The van der Waals surface area contributed by atoms with Gasteiger partial charge in [-0.2, -0.15) is 0 Å². The van der Waals surface area contributed by atoms with E-state index in [2.05, 4.69) is 12.1 Å². The molecule has 1 unspecified atom stereocenters. The van der Waals surface area contributed by atoms with Crippen LogP contribution in [0, 0.1) is 13.8 Å². The van der Waals surface area contributed by atoms with Crippen LogP contribution in [0.5, 0.6) is 11.5 Å². The Kier molecular flexibility index (Phi) is 4.69. The van der Waals surface area contributed by atoms with Gasteiger partial charge in [0.25, 0.3) is 0 Å². The average molecular weight is 290 g/mol. The molecule has 2 rings (SSSR count). The van der Waals surface area contributed by atoms with Crippen LogP contribution in [-0.4, -0.2) is 6.04 Å². The van der Waals surface area contributed by atoms with E-state index >= 15 is 0 Å². The van der Waals surface area contributed by atoms with E-state index in [-0.39, 0.29) is 6.04 Å². The highest BCUT2D eigenvalue weighted by molar-refractivity contribution is 6.30. The third-order valence-electron chi connectivity index (χ3n) is 3.17. The lowest BCUT2D eigenvalue weighted by molar-refractivity contribution is 0.475. The molecule has 2 aromatic rings. The summed E-state index contributed by atoms with van der Waals surface area (Å²) in [6, 6.07) is 12.0. The molecule has 0 aliphatic carbocycles. The van der Waals surface area contributed by atoms with Gasteiger partial charge in [-0.05, 0) is 62.1 Å². The largest absolute Gasteiger partial charge is 0.457 e. The van der Waals surface area contributed by atoms with Crippen molar-refractivity contribution in [1.29, 1.82) is 0 Å². The molecular formula is C17H20ClNO. The fourth-order valence-electron chi connectivity index (χ4n) is 2.13. The van der Waals surface area contributed by atoms with Gasteiger partial charge in [0, 0.05) is 11.1 Å². The summed E-state index contributed by atoms with van der Waals surface area (Å²) in [6.07, 6.45) is 0.872. The molecule has 0 saturated heterocycles. The summed E-state index contributed by atoms with van der Waals surface area (Å²) >= 11 is 6.01. The van der Waals surface area contributed by atoms with E-state index in [0.717, 1.165) is 29.0 Å². The van der Waals surface area contributed by atoms with Gasteiger partial charge < -0.3 is 10.5 Å². The van der Waals surface area contributed by atoms with Crippen molar-refractivity contribution in [2.75, 3.05) is 0 Å². The summed E-state index contributed by atoms with van der Waals surface area (Å²) in [4.78, 5) is 0. The van der Waals surface area contributed by atoms with Crippen LogP contribution < -0.4 is 10.5 Å². The molecule has 0 saturated carbocycles. The van der Waals surface area contributed by atoms with Gasteiger partial charge in [0.05, 0.1) is 0 Å². The van der Waals surface area contributed by atoms with Crippen molar-refractivity contribution in [2.24, 2.45) is 5.73 Å². The van der Waals surface area contributed by atoms with Crippen LogP contribution in [0.2, 0.25) is 5.02 Å². The van der Waals surface area contributed by atoms with E-state index in [1.165, 1.54) is 5.56 Å². The number of rotatable bonds is 4. The zero-order chi connectivity index (χ0) is 14.7. The topological polar surface area (TPSA) is 35.2 Å². The Morgan fingerprint density at radius 3 is 2.45 bits per heavy atom. The quantitative estimate of drug-likeness (QED) is 0.890. The first-order valence-electron chi connectivity index (χ1n) is 6.75. The average Bonchev–Trinajstić information content (AvgIpc) is 2.36. The molecular weight excluding hydrogens is 270 g/mol. The van der Waals surface area contributed by atoms with Crippen LogP contribution in [-0.2, 0) is 6.42 Å². The minimum absolute atomic E-state index is 0.163. The van der Waals surface area contributed by atoms with Crippen molar-refractivity contribution in [3.8, 4) is 11.5 Å². The molecule has 2 nitrogen and oxygen atoms in total. The molecule has 0 aromatic heterocycles. The van der Waals surface area contributed by atoms with E-state index in [0.29, 0.717) is 5.02 Å². The standard InChI is InChI=1S/C17H20ClNO/c1-11-4-6-15(18)10-17(11)20-16-7-5-14(8-12(16)2)9-13(3)19/h4-8,10,13H,9,19H2,1-3H3. The molecule has 0 amide bonds. The molecule has 0 heterocycles. The minimum Gasteiger partial charge on any atom is -0.457 e. The van der Waals surface area contributed by atoms with Gasteiger partial charge in [0.1, 0.15) is 11.5 Å². The van der Waals surface area contributed by atoms with Crippen molar-refractivity contribution in [3.63, 3.8) is 0 Å². The summed E-state index contributed by atoms with van der Waals surface area (Å²) < 4.78 is 5.97. The summed E-state index contributed by atoms with van der Waals surface area (Å²) in [5, 5.41) is 0.678. The van der Waals surface area contributed by atoms with Crippen molar-refractivity contribution in [3.05, 3.63) is 58.1 Å². The maximum absolute atomic E-state index is 6.01. The molecule has 0 bridgehead atoms. The van der Waals surface area contributed by atoms with Crippen LogP contribution in [0.3, 0.4) is 0 Å². The molecule has 0 fully saturated rings. The zero-order valence-corrected chi connectivity index (χ0v) is 12.9. The number of nitrogens with two attached hydrogens (primary N) is 1. The summed E-state index contributed by atoms with van der Waals surface area (Å²) in [7, 11) is 0. The number of aryl methyl sites for hydroxylation is 2. The number of benzene rings is 2. The first-order chi connectivity index (χ1) is 9.45. The highest BCUT2D eigenvalue weighted by atomic mass is 35.5. The number of hydrogen-bond acceptors (Lipinski definition) is 2. The van der Waals surface area contributed by atoms with Gasteiger partial charge in [0.15, 0.2) is 0 Å². The Hall–Kier alpha value is -1.51. The van der Waals surface area contributed by atoms with Crippen molar-refractivity contribution >= 4 is 11.6 Å². The van der Waals surface area contributed by atoms with Gasteiger partial charge in [-0.25, -0.2) is 0 Å². The molecule has 0 aliphatic heterocycles. The lowest BCUT2D eigenvalue weighted by Crippen LogP contribution is -2.17. The second-order valence-corrected chi connectivity index (χ2v) is 5.73. The molecule has 1 atom stereocenters.